The minimum Gasteiger partial charge on any atom is -0.455 e. The number of hydrogen-bond acceptors (Lipinski definition) is 4. The second-order valence-electron chi connectivity index (χ2n) is 11.7. The fourth-order valence-corrected chi connectivity index (χ4v) is 9.40. The molecule has 7 aromatic carbocycles. The van der Waals surface area contributed by atoms with E-state index in [-0.39, 0.29) is 0 Å². The van der Waals surface area contributed by atoms with Gasteiger partial charge in [-0.1, -0.05) is 109 Å². The molecule has 0 spiro atoms. The van der Waals surface area contributed by atoms with E-state index in [1.54, 1.807) is 0 Å². The van der Waals surface area contributed by atoms with Crippen LogP contribution in [-0.2, 0) is 0 Å². The fourth-order valence-electron chi connectivity index (χ4n) is 6.99. The van der Waals surface area contributed by atoms with Gasteiger partial charge >= 0.3 is 0 Å². The molecule has 46 heavy (non-hydrogen) atoms. The first kappa shape index (κ1) is 25.9. The zero-order chi connectivity index (χ0) is 30.2. The number of para-hydroxylation sites is 2. The minimum absolute atomic E-state index is 0.917. The van der Waals surface area contributed by atoms with Gasteiger partial charge in [-0.25, -0.2) is 0 Å². The molecule has 2 nitrogen and oxygen atoms in total. The lowest BCUT2D eigenvalue weighted by atomic mass is 10.0. The third-order valence-electron chi connectivity index (χ3n) is 9.09. The number of rotatable bonds is 4. The Bertz CT molecular complexity index is 2650. The summed E-state index contributed by atoms with van der Waals surface area (Å²) in [6.45, 7) is 0. The van der Waals surface area contributed by atoms with Gasteiger partial charge in [-0.2, -0.15) is 0 Å². The molecule has 0 saturated carbocycles. The van der Waals surface area contributed by atoms with Crippen molar-refractivity contribution in [3.63, 3.8) is 0 Å². The summed E-state index contributed by atoms with van der Waals surface area (Å²) in [4.78, 5) is 2.46. The van der Waals surface area contributed by atoms with Crippen molar-refractivity contribution in [1.82, 2.24) is 0 Å². The molecule has 0 N–H and O–H groups in total. The molecule has 0 unspecified atom stereocenters. The molecule has 3 aromatic heterocycles. The number of furan rings is 1. The van der Waals surface area contributed by atoms with Crippen LogP contribution in [0, 0.1) is 0 Å². The molecule has 0 aliphatic rings. The quantitative estimate of drug-likeness (QED) is 0.194. The van der Waals surface area contributed by atoms with Crippen LogP contribution in [0.15, 0.2) is 156 Å². The SMILES string of the molecule is c1ccc2c(c1)oc1c(-c3ccc(N(c4cccc5c4sc4ccccc45)c4cccc5c4sc4ccccc45)cc3)cccc12. The van der Waals surface area contributed by atoms with Gasteiger partial charge in [0.05, 0.1) is 20.8 Å². The van der Waals surface area contributed by atoms with Gasteiger partial charge in [0.25, 0.3) is 0 Å². The molecular weight excluding hydrogens is 599 g/mol. The maximum Gasteiger partial charge on any atom is 0.143 e. The number of nitrogens with zero attached hydrogens (tertiary/aromatic N) is 1. The highest BCUT2D eigenvalue weighted by Gasteiger charge is 2.22. The summed E-state index contributed by atoms with van der Waals surface area (Å²) in [5.74, 6) is 0. The number of thiophene rings is 2. The molecule has 0 amide bonds. The van der Waals surface area contributed by atoms with E-state index >= 15 is 0 Å². The van der Waals surface area contributed by atoms with Crippen LogP contribution in [0.2, 0.25) is 0 Å². The van der Waals surface area contributed by atoms with Gasteiger partial charge in [0.2, 0.25) is 0 Å². The first-order chi connectivity index (χ1) is 22.8. The molecule has 0 fully saturated rings. The van der Waals surface area contributed by atoms with E-state index in [0.29, 0.717) is 0 Å². The van der Waals surface area contributed by atoms with Crippen LogP contribution in [-0.4, -0.2) is 0 Å². The Morgan fingerprint density at radius 3 is 1.59 bits per heavy atom. The van der Waals surface area contributed by atoms with Gasteiger partial charge in [0, 0.05) is 53.0 Å². The summed E-state index contributed by atoms with van der Waals surface area (Å²) in [6, 6.07) is 54.6. The Kier molecular flexibility index (Phi) is 5.65. The second kappa shape index (κ2) is 10.0. The van der Waals surface area contributed by atoms with Crippen LogP contribution in [0.4, 0.5) is 17.1 Å². The smallest absolute Gasteiger partial charge is 0.143 e. The van der Waals surface area contributed by atoms with Crippen LogP contribution < -0.4 is 4.90 Å². The lowest BCUT2D eigenvalue weighted by Gasteiger charge is -2.27. The average Bonchev–Trinajstić information content (AvgIpc) is 3.81. The van der Waals surface area contributed by atoms with E-state index in [9.17, 15) is 0 Å². The van der Waals surface area contributed by atoms with Crippen molar-refractivity contribution in [1.29, 1.82) is 0 Å². The highest BCUT2D eigenvalue weighted by molar-refractivity contribution is 7.27. The van der Waals surface area contributed by atoms with Gasteiger partial charge < -0.3 is 9.32 Å². The standard InChI is InChI=1S/C42H25NOS2/c1-4-19-37-29(10-1)32-14-7-13-28(40(32)44-37)26-22-24-27(25-23-26)43(35-17-8-15-33-30-11-2-5-20-38(30)45-41(33)35)36-18-9-16-34-31-12-3-6-21-39(31)46-42(34)36/h1-25H. The molecule has 0 saturated heterocycles. The summed E-state index contributed by atoms with van der Waals surface area (Å²) in [5.41, 5.74) is 7.58. The lowest BCUT2D eigenvalue weighted by molar-refractivity contribution is 0.670. The van der Waals surface area contributed by atoms with E-state index in [0.717, 1.165) is 38.8 Å². The van der Waals surface area contributed by atoms with Crippen molar-refractivity contribution in [3.05, 3.63) is 152 Å². The summed E-state index contributed by atoms with van der Waals surface area (Å²) in [5, 5.41) is 7.48. The predicted molar refractivity (Wildman–Crippen MR) is 200 cm³/mol. The Balaban J connectivity index is 1.20. The fraction of sp³-hybridized carbons (Fsp3) is 0. The molecule has 0 aliphatic heterocycles. The number of anilines is 3. The van der Waals surface area contributed by atoms with Crippen LogP contribution in [0.1, 0.15) is 0 Å². The Morgan fingerprint density at radius 2 is 0.935 bits per heavy atom. The molecule has 4 heteroatoms. The Hall–Kier alpha value is -5.42. The molecule has 0 radical (unpaired) electrons. The first-order valence-electron chi connectivity index (χ1n) is 15.4. The zero-order valence-corrected chi connectivity index (χ0v) is 26.2. The summed E-state index contributed by atoms with van der Waals surface area (Å²) >= 11 is 3.74. The van der Waals surface area contributed by atoms with Gasteiger partial charge in [-0.15, -0.1) is 22.7 Å². The third kappa shape index (κ3) is 3.81. The van der Waals surface area contributed by atoms with Gasteiger partial charge in [0.15, 0.2) is 0 Å². The van der Waals surface area contributed by atoms with E-state index in [4.69, 9.17) is 4.42 Å². The molecular formula is C42H25NOS2. The summed E-state index contributed by atoms with van der Waals surface area (Å²) in [7, 11) is 0. The maximum atomic E-state index is 6.40. The van der Waals surface area contributed by atoms with Crippen LogP contribution >= 0.6 is 22.7 Å². The molecule has 10 aromatic rings. The molecule has 0 aliphatic carbocycles. The maximum absolute atomic E-state index is 6.40. The second-order valence-corrected chi connectivity index (χ2v) is 13.8. The van der Waals surface area contributed by atoms with E-state index in [1.165, 1.54) is 51.7 Å². The minimum atomic E-state index is 0.917. The predicted octanol–water partition coefficient (Wildman–Crippen LogP) is 13.5. The lowest BCUT2D eigenvalue weighted by Crippen LogP contribution is -2.10. The Morgan fingerprint density at radius 1 is 0.413 bits per heavy atom. The van der Waals surface area contributed by atoms with Crippen molar-refractivity contribution >= 4 is 102 Å². The normalized spacial score (nSPS) is 11.9. The summed E-state index contributed by atoms with van der Waals surface area (Å²) < 4.78 is 11.6. The highest BCUT2D eigenvalue weighted by atomic mass is 32.1. The van der Waals surface area contributed by atoms with Gasteiger partial charge in [-0.05, 0) is 48.0 Å². The molecule has 10 rings (SSSR count). The number of fused-ring (bicyclic) bond motifs is 9. The molecule has 216 valence electrons. The van der Waals surface area contributed by atoms with Crippen molar-refractivity contribution in [3.8, 4) is 11.1 Å². The van der Waals surface area contributed by atoms with Crippen molar-refractivity contribution in [2.45, 2.75) is 0 Å². The third-order valence-corrected chi connectivity index (χ3v) is 11.5. The van der Waals surface area contributed by atoms with Crippen LogP contribution in [0.25, 0.3) is 73.4 Å². The molecule has 0 bridgehead atoms. The average molecular weight is 624 g/mol. The van der Waals surface area contributed by atoms with Gasteiger partial charge in [-0.3, -0.25) is 0 Å². The Labute approximate surface area is 273 Å². The van der Waals surface area contributed by atoms with Crippen molar-refractivity contribution < 1.29 is 4.42 Å². The van der Waals surface area contributed by atoms with E-state index < -0.39 is 0 Å². The summed E-state index contributed by atoms with van der Waals surface area (Å²) in [6.07, 6.45) is 0. The van der Waals surface area contributed by atoms with Crippen LogP contribution in [0.3, 0.4) is 0 Å². The topological polar surface area (TPSA) is 16.4 Å². The monoisotopic (exact) mass is 623 g/mol. The van der Waals surface area contributed by atoms with Crippen molar-refractivity contribution in [2.24, 2.45) is 0 Å². The first-order valence-corrected chi connectivity index (χ1v) is 17.1. The molecule has 3 heterocycles. The van der Waals surface area contributed by atoms with Crippen molar-refractivity contribution in [2.75, 3.05) is 4.90 Å². The van der Waals surface area contributed by atoms with E-state index in [2.05, 4.69) is 144 Å². The number of benzene rings is 7. The zero-order valence-electron chi connectivity index (χ0n) is 24.6. The van der Waals surface area contributed by atoms with Gasteiger partial charge in [0.1, 0.15) is 11.2 Å². The van der Waals surface area contributed by atoms with E-state index in [1.807, 2.05) is 34.8 Å². The highest BCUT2D eigenvalue weighted by Crippen LogP contribution is 2.49. The van der Waals surface area contributed by atoms with Crippen LogP contribution in [0.5, 0.6) is 0 Å². The largest absolute Gasteiger partial charge is 0.455 e. The molecule has 0 atom stereocenters. The number of hydrogen-bond donors (Lipinski definition) is 0.